The molecule has 132 valence electrons. The summed E-state index contributed by atoms with van der Waals surface area (Å²) in [6, 6.07) is 13.7. The summed E-state index contributed by atoms with van der Waals surface area (Å²) in [6.45, 7) is 10.3. The number of benzene rings is 2. The lowest BCUT2D eigenvalue weighted by molar-refractivity contribution is 0.0947. The van der Waals surface area contributed by atoms with Gasteiger partial charge >= 0.3 is 0 Å². The molecule has 0 aromatic heterocycles. The van der Waals surface area contributed by atoms with E-state index in [0.29, 0.717) is 17.2 Å². The minimum Gasteiger partial charge on any atom is -0.399 e. The van der Waals surface area contributed by atoms with Crippen molar-refractivity contribution in [1.29, 1.82) is 0 Å². The van der Waals surface area contributed by atoms with Gasteiger partial charge in [0.05, 0.1) is 6.04 Å². The number of anilines is 1. The minimum absolute atomic E-state index is 0.0984. The Morgan fingerprint density at radius 2 is 1.76 bits per heavy atom. The molecule has 1 atom stereocenters. The van der Waals surface area contributed by atoms with Crippen LogP contribution in [-0.4, -0.2) is 11.9 Å². The number of nitrogen functional groups attached to an aromatic ring is 1. The molecule has 0 fully saturated rings. The van der Waals surface area contributed by atoms with Crippen LogP contribution in [0.3, 0.4) is 0 Å². The molecule has 2 aromatic carbocycles. The van der Waals surface area contributed by atoms with Gasteiger partial charge in [0.1, 0.15) is 0 Å². The third-order valence-electron chi connectivity index (χ3n) is 4.53. The lowest BCUT2D eigenvalue weighted by atomic mass is 9.89. The van der Waals surface area contributed by atoms with Crippen LogP contribution in [-0.2, 0) is 0 Å². The normalized spacial score (nSPS) is 13.0. The molecule has 2 aromatic rings. The van der Waals surface area contributed by atoms with Gasteiger partial charge in [-0.05, 0) is 61.1 Å². The zero-order valence-electron chi connectivity index (χ0n) is 15.8. The molecule has 0 radical (unpaired) electrons. The fraction of sp³-hybridized carbons (Fsp3) is 0.318. The molecule has 3 heteroatoms. The molecule has 0 spiro atoms. The molecular formula is C22H28N2O. The molecule has 3 N–H and O–H groups in total. The summed E-state index contributed by atoms with van der Waals surface area (Å²) in [5.41, 5.74) is 11.6. The molecule has 0 saturated heterocycles. The van der Waals surface area contributed by atoms with Crippen LogP contribution in [0, 0.1) is 6.92 Å². The van der Waals surface area contributed by atoms with Crippen LogP contribution in [0.5, 0.6) is 0 Å². The molecule has 0 aliphatic rings. The van der Waals surface area contributed by atoms with E-state index in [4.69, 9.17) is 5.73 Å². The smallest absolute Gasteiger partial charge is 0.252 e. The van der Waals surface area contributed by atoms with E-state index in [1.807, 2.05) is 39.0 Å². The van der Waals surface area contributed by atoms with Crippen LogP contribution in [0.2, 0.25) is 0 Å². The first-order valence-electron chi connectivity index (χ1n) is 8.77. The van der Waals surface area contributed by atoms with Crippen LogP contribution >= 0.6 is 0 Å². The van der Waals surface area contributed by atoms with Crippen molar-refractivity contribution in [2.24, 2.45) is 0 Å². The average Bonchev–Trinajstić information content (AvgIpc) is 2.58. The predicted molar refractivity (Wildman–Crippen MR) is 107 cm³/mol. The third kappa shape index (κ3) is 4.30. The van der Waals surface area contributed by atoms with Crippen molar-refractivity contribution >= 4 is 17.2 Å². The van der Waals surface area contributed by atoms with Gasteiger partial charge in [-0.2, -0.15) is 0 Å². The van der Waals surface area contributed by atoms with E-state index in [2.05, 4.69) is 43.4 Å². The molecule has 3 nitrogen and oxygen atoms in total. The zero-order valence-corrected chi connectivity index (χ0v) is 15.8. The fourth-order valence-electron chi connectivity index (χ4n) is 3.14. The van der Waals surface area contributed by atoms with Gasteiger partial charge in [0.25, 0.3) is 5.91 Å². The van der Waals surface area contributed by atoms with Crippen LogP contribution in [0.1, 0.15) is 60.7 Å². The first-order chi connectivity index (χ1) is 11.8. The monoisotopic (exact) mass is 336 g/mol. The van der Waals surface area contributed by atoms with Gasteiger partial charge < -0.3 is 11.1 Å². The van der Waals surface area contributed by atoms with E-state index in [-0.39, 0.29) is 11.9 Å². The molecule has 2 rings (SSSR count). The summed E-state index contributed by atoms with van der Waals surface area (Å²) >= 11 is 0. The Morgan fingerprint density at radius 3 is 2.40 bits per heavy atom. The second-order valence-electron chi connectivity index (χ2n) is 6.76. The summed E-state index contributed by atoms with van der Waals surface area (Å²) < 4.78 is 0. The number of allylic oxidation sites excluding steroid dienone is 1. The number of carbonyl (C=O) groups is 1. The van der Waals surface area contributed by atoms with Crippen molar-refractivity contribution in [2.45, 2.75) is 46.6 Å². The first-order valence-corrected chi connectivity index (χ1v) is 8.77. The van der Waals surface area contributed by atoms with Crippen molar-refractivity contribution in [1.82, 2.24) is 5.32 Å². The largest absolute Gasteiger partial charge is 0.399 e. The quantitative estimate of drug-likeness (QED) is 0.761. The summed E-state index contributed by atoms with van der Waals surface area (Å²) in [5.74, 6) is 0.323. The SMILES string of the molecule is C/C=C(\c1ccccc1C(C)C)C(C)NC(=O)c1cc(N)ccc1C. The Morgan fingerprint density at radius 1 is 1.08 bits per heavy atom. The highest BCUT2D eigenvalue weighted by Crippen LogP contribution is 2.28. The van der Waals surface area contributed by atoms with Gasteiger partial charge in [-0.25, -0.2) is 0 Å². The van der Waals surface area contributed by atoms with Crippen molar-refractivity contribution in [2.75, 3.05) is 5.73 Å². The van der Waals surface area contributed by atoms with Gasteiger partial charge in [-0.15, -0.1) is 0 Å². The number of carbonyl (C=O) groups excluding carboxylic acids is 1. The Labute approximate surface area is 150 Å². The van der Waals surface area contributed by atoms with E-state index in [0.717, 1.165) is 11.1 Å². The van der Waals surface area contributed by atoms with E-state index in [9.17, 15) is 4.79 Å². The second-order valence-corrected chi connectivity index (χ2v) is 6.76. The first kappa shape index (κ1) is 18.8. The Hall–Kier alpha value is -2.55. The number of nitrogens with one attached hydrogen (secondary N) is 1. The van der Waals surface area contributed by atoms with E-state index >= 15 is 0 Å². The fourth-order valence-corrected chi connectivity index (χ4v) is 3.14. The highest BCUT2D eigenvalue weighted by Gasteiger charge is 2.18. The van der Waals surface area contributed by atoms with Crippen molar-refractivity contribution < 1.29 is 4.79 Å². The number of nitrogens with two attached hydrogens (primary N) is 1. The van der Waals surface area contributed by atoms with Gasteiger partial charge in [0.2, 0.25) is 0 Å². The molecule has 0 heterocycles. The highest BCUT2D eigenvalue weighted by atomic mass is 16.1. The topological polar surface area (TPSA) is 55.1 Å². The van der Waals surface area contributed by atoms with Crippen LogP contribution < -0.4 is 11.1 Å². The maximum atomic E-state index is 12.7. The molecule has 1 unspecified atom stereocenters. The van der Waals surface area contributed by atoms with E-state index in [1.54, 1.807) is 6.07 Å². The maximum Gasteiger partial charge on any atom is 0.252 e. The van der Waals surface area contributed by atoms with Crippen LogP contribution in [0.15, 0.2) is 48.5 Å². The van der Waals surface area contributed by atoms with Crippen molar-refractivity contribution in [3.05, 3.63) is 70.8 Å². The Balaban J connectivity index is 2.28. The summed E-state index contributed by atoms with van der Waals surface area (Å²) in [4.78, 5) is 12.7. The molecule has 0 aliphatic heterocycles. The van der Waals surface area contributed by atoms with E-state index < -0.39 is 0 Å². The molecular weight excluding hydrogens is 308 g/mol. The second kappa shape index (κ2) is 8.02. The number of rotatable bonds is 5. The Bertz CT molecular complexity index is 790. The molecule has 0 aliphatic carbocycles. The molecule has 0 bridgehead atoms. The van der Waals surface area contributed by atoms with Crippen LogP contribution in [0.4, 0.5) is 5.69 Å². The highest BCUT2D eigenvalue weighted by molar-refractivity contribution is 5.97. The zero-order chi connectivity index (χ0) is 18.6. The summed E-state index contributed by atoms with van der Waals surface area (Å²) in [5, 5.41) is 3.12. The summed E-state index contributed by atoms with van der Waals surface area (Å²) in [6.07, 6.45) is 2.08. The van der Waals surface area contributed by atoms with Crippen LogP contribution in [0.25, 0.3) is 5.57 Å². The average molecular weight is 336 g/mol. The molecule has 25 heavy (non-hydrogen) atoms. The summed E-state index contributed by atoms with van der Waals surface area (Å²) in [7, 11) is 0. The van der Waals surface area contributed by atoms with E-state index in [1.165, 1.54) is 11.1 Å². The standard InChI is InChI=1S/C22H28N2O/c1-6-18(20-10-8-7-9-19(20)14(2)3)16(5)24-22(25)21-13-17(23)12-11-15(21)4/h6-14,16H,23H2,1-5H3,(H,24,25)/b18-6-. The van der Waals surface area contributed by atoms with Gasteiger partial charge in [0, 0.05) is 11.3 Å². The van der Waals surface area contributed by atoms with Crippen molar-refractivity contribution in [3.8, 4) is 0 Å². The minimum atomic E-state index is -0.0989. The third-order valence-corrected chi connectivity index (χ3v) is 4.53. The van der Waals surface area contributed by atoms with Gasteiger partial charge in [0.15, 0.2) is 0 Å². The number of hydrogen-bond donors (Lipinski definition) is 2. The Kier molecular flexibility index (Phi) is 6.02. The number of amides is 1. The molecule has 1 amide bonds. The number of aryl methyl sites for hydroxylation is 1. The molecule has 0 saturated carbocycles. The lowest BCUT2D eigenvalue weighted by Crippen LogP contribution is -2.34. The maximum absolute atomic E-state index is 12.7. The van der Waals surface area contributed by atoms with Gasteiger partial charge in [-0.1, -0.05) is 50.3 Å². The number of hydrogen-bond acceptors (Lipinski definition) is 2. The predicted octanol–water partition coefficient (Wildman–Crippen LogP) is 4.92. The van der Waals surface area contributed by atoms with Crippen molar-refractivity contribution in [3.63, 3.8) is 0 Å². The van der Waals surface area contributed by atoms with Gasteiger partial charge in [-0.3, -0.25) is 4.79 Å². The lowest BCUT2D eigenvalue weighted by Gasteiger charge is -2.22.